The van der Waals surface area contributed by atoms with Gasteiger partial charge >= 0.3 is 0 Å². The van der Waals surface area contributed by atoms with Crippen LogP contribution in [0.5, 0.6) is 0 Å². The van der Waals surface area contributed by atoms with E-state index in [1.807, 2.05) is 0 Å². The van der Waals surface area contributed by atoms with Crippen LogP contribution >= 0.6 is 0 Å². The Morgan fingerprint density at radius 2 is 2.12 bits per heavy atom. The maximum Gasteiger partial charge on any atom is 0.222 e. The minimum atomic E-state index is 0.335. The second-order valence-electron chi connectivity index (χ2n) is 8.30. The highest BCUT2D eigenvalue weighted by Crippen LogP contribution is 2.40. The molecule has 3 fully saturated rings. The molecular formula is C20H29N3O. The Kier molecular flexibility index (Phi) is 4.33. The Labute approximate surface area is 145 Å². The Morgan fingerprint density at radius 1 is 1.25 bits per heavy atom. The van der Waals surface area contributed by atoms with Crippen LogP contribution in [0, 0.1) is 18.3 Å². The first kappa shape index (κ1) is 16.1. The molecular weight excluding hydrogens is 298 g/mol. The molecule has 0 bridgehead atoms. The van der Waals surface area contributed by atoms with Gasteiger partial charge in [-0.05, 0) is 63.6 Å². The largest absolute Gasteiger partial charge is 0.342 e. The Morgan fingerprint density at radius 3 is 2.92 bits per heavy atom. The summed E-state index contributed by atoms with van der Waals surface area (Å²) in [5.41, 5.74) is 2.60. The van der Waals surface area contributed by atoms with Gasteiger partial charge in [0.25, 0.3) is 0 Å². The van der Waals surface area contributed by atoms with Crippen LogP contribution in [0.4, 0.5) is 0 Å². The molecule has 4 rings (SSSR count). The van der Waals surface area contributed by atoms with Gasteiger partial charge in [-0.15, -0.1) is 0 Å². The fraction of sp³-hybridized carbons (Fsp3) is 0.700. The van der Waals surface area contributed by atoms with Gasteiger partial charge in [-0.3, -0.25) is 14.7 Å². The van der Waals surface area contributed by atoms with Gasteiger partial charge in [0.2, 0.25) is 5.91 Å². The lowest BCUT2D eigenvalue weighted by Crippen LogP contribution is -2.45. The summed E-state index contributed by atoms with van der Waals surface area (Å²) in [5, 5.41) is 0. The number of rotatable bonds is 4. The Bertz CT molecular complexity index is 613. The van der Waals surface area contributed by atoms with E-state index in [4.69, 9.17) is 0 Å². The predicted molar refractivity (Wildman–Crippen MR) is 94.5 cm³/mol. The number of carbonyl (C=O) groups is 1. The maximum atomic E-state index is 12.4. The highest BCUT2D eigenvalue weighted by molar-refractivity contribution is 5.77. The summed E-state index contributed by atoms with van der Waals surface area (Å²) < 4.78 is 0. The highest BCUT2D eigenvalue weighted by atomic mass is 16.2. The van der Waals surface area contributed by atoms with Gasteiger partial charge in [0.1, 0.15) is 0 Å². The van der Waals surface area contributed by atoms with Crippen LogP contribution in [0.2, 0.25) is 0 Å². The van der Waals surface area contributed by atoms with Crippen LogP contribution in [0.25, 0.3) is 0 Å². The number of nitrogens with zero attached hydrogens (tertiary/aromatic N) is 3. The molecule has 1 saturated carbocycles. The van der Waals surface area contributed by atoms with Crippen LogP contribution in [0.15, 0.2) is 18.2 Å². The number of aromatic nitrogens is 1. The molecule has 0 aromatic carbocycles. The van der Waals surface area contributed by atoms with E-state index in [0.717, 1.165) is 44.8 Å². The molecule has 2 aliphatic heterocycles. The molecule has 4 heteroatoms. The SMILES string of the molecule is Cc1cccc(CN2CCCC3(CCN(C(=O)CC4CC4)C3)C2)n1. The van der Waals surface area contributed by atoms with Gasteiger partial charge in [-0.25, -0.2) is 0 Å². The van der Waals surface area contributed by atoms with Gasteiger partial charge in [0.05, 0.1) is 5.69 Å². The molecule has 3 aliphatic rings. The lowest BCUT2D eigenvalue weighted by molar-refractivity contribution is -0.131. The van der Waals surface area contributed by atoms with Crippen LogP contribution < -0.4 is 0 Å². The van der Waals surface area contributed by atoms with Crippen LogP contribution in [-0.4, -0.2) is 46.9 Å². The van der Waals surface area contributed by atoms with E-state index < -0.39 is 0 Å². The van der Waals surface area contributed by atoms with Crippen molar-refractivity contribution in [2.75, 3.05) is 26.2 Å². The van der Waals surface area contributed by atoms with Gasteiger partial charge in [0.15, 0.2) is 0 Å². The molecule has 0 N–H and O–H groups in total. The lowest BCUT2D eigenvalue weighted by Gasteiger charge is -2.40. The minimum absolute atomic E-state index is 0.335. The van der Waals surface area contributed by atoms with Gasteiger partial charge in [0, 0.05) is 43.7 Å². The molecule has 24 heavy (non-hydrogen) atoms. The quantitative estimate of drug-likeness (QED) is 0.853. The zero-order valence-electron chi connectivity index (χ0n) is 14.8. The first-order valence-electron chi connectivity index (χ1n) is 9.55. The summed E-state index contributed by atoms with van der Waals surface area (Å²) in [6.07, 6.45) is 7.03. The maximum absolute atomic E-state index is 12.4. The fourth-order valence-electron chi connectivity index (χ4n) is 4.54. The average Bonchev–Trinajstić information content (AvgIpc) is 3.27. The van der Waals surface area contributed by atoms with Crippen molar-refractivity contribution >= 4 is 5.91 Å². The summed E-state index contributed by atoms with van der Waals surface area (Å²) in [6, 6.07) is 6.29. The smallest absolute Gasteiger partial charge is 0.222 e. The van der Waals surface area contributed by atoms with Crippen LogP contribution in [0.1, 0.15) is 49.9 Å². The molecule has 1 aromatic rings. The number of carbonyl (C=O) groups excluding carboxylic acids is 1. The third-order valence-electron chi connectivity index (χ3n) is 6.02. The summed E-state index contributed by atoms with van der Waals surface area (Å²) in [7, 11) is 0. The van der Waals surface area contributed by atoms with Crippen LogP contribution in [-0.2, 0) is 11.3 Å². The Balaban J connectivity index is 1.36. The third-order valence-corrected chi connectivity index (χ3v) is 6.02. The van der Waals surface area contributed by atoms with E-state index >= 15 is 0 Å². The molecule has 1 unspecified atom stereocenters. The van der Waals surface area contributed by atoms with Gasteiger partial charge in [-0.1, -0.05) is 6.07 Å². The molecule has 1 aliphatic carbocycles. The molecule has 1 amide bonds. The summed E-state index contributed by atoms with van der Waals surface area (Å²) >= 11 is 0. The molecule has 1 atom stereocenters. The number of likely N-dealkylation sites (tertiary alicyclic amines) is 2. The first-order valence-corrected chi connectivity index (χ1v) is 9.55. The number of aryl methyl sites for hydroxylation is 1. The van der Waals surface area contributed by atoms with Crippen molar-refractivity contribution in [2.24, 2.45) is 11.3 Å². The van der Waals surface area contributed by atoms with Crippen molar-refractivity contribution in [1.29, 1.82) is 0 Å². The summed E-state index contributed by atoms with van der Waals surface area (Å²) in [6.45, 7) is 7.24. The van der Waals surface area contributed by atoms with Gasteiger partial charge in [-0.2, -0.15) is 0 Å². The molecule has 0 radical (unpaired) electrons. The number of piperidine rings is 1. The molecule has 1 aromatic heterocycles. The van der Waals surface area contributed by atoms with Crippen molar-refractivity contribution in [1.82, 2.24) is 14.8 Å². The summed E-state index contributed by atoms with van der Waals surface area (Å²) in [5.74, 6) is 1.11. The van der Waals surface area contributed by atoms with E-state index in [1.165, 1.54) is 37.8 Å². The standard InChI is InChI=1S/C20H29N3O/c1-16-4-2-5-18(21-16)13-22-10-3-8-20(14-22)9-11-23(15-20)19(24)12-17-6-7-17/h2,4-5,17H,3,6-15H2,1H3. The third kappa shape index (κ3) is 3.64. The molecule has 130 valence electrons. The van der Waals surface area contributed by atoms with E-state index in [2.05, 4.69) is 39.9 Å². The van der Waals surface area contributed by atoms with Crippen molar-refractivity contribution in [3.05, 3.63) is 29.6 Å². The van der Waals surface area contributed by atoms with Crippen molar-refractivity contribution < 1.29 is 4.79 Å². The topological polar surface area (TPSA) is 36.4 Å². The van der Waals surface area contributed by atoms with Crippen molar-refractivity contribution in [3.8, 4) is 0 Å². The second-order valence-corrected chi connectivity index (χ2v) is 8.30. The molecule has 3 heterocycles. The molecule has 1 spiro atoms. The Hall–Kier alpha value is -1.42. The first-order chi connectivity index (χ1) is 11.6. The van der Waals surface area contributed by atoms with E-state index in [1.54, 1.807) is 0 Å². The van der Waals surface area contributed by atoms with Gasteiger partial charge < -0.3 is 4.90 Å². The number of amides is 1. The van der Waals surface area contributed by atoms with Crippen molar-refractivity contribution in [2.45, 2.75) is 52.0 Å². The van der Waals surface area contributed by atoms with Crippen molar-refractivity contribution in [3.63, 3.8) is 0 Å². The fourth-order valence-corrected chi connectivity index (χ4v) is 4.54. The average molecular weight is 327 g/mol. The minimum Gasteiger partial charge on any atom is -0.342 e. The highest BCUT2D eigenvalue weighted by Gasteiger charge is 2.43. The number of pyridine rings is 1. The summed E-state index contributed by atoms with van der Waals surface area (Å²) in [4.78, 5) is 21.8. The molecule has 4 nitrogen and oxygen atoms in total. The predicted octanol–water partition coefficient (Wildman–Crippen LogP) is 3.00. The second kappa shape index (κ2) is 6.47. The van der Waals surface area contributed by atoms with Crippen LogP contribution in [0.3, 0.4) is 0 Å². The monoisotopic (exact) mass is 327 g/mol. The van der Waals surface area contributed by atoms with E-state index in [9.17, 15) is 4.79 Å². The number of hydrogen-bond acceptors (Lipinski definition) is 3. The van der Waals surface area contributed by atoms with E-state index in [-0.39, 0.29) is 0 Å². The lowest BCUT2D eigenvalue weighted by atomic mass is 9.79. The van der Waals surface area contributed by atoms with E-state index in [0.29, 0.717) is 17.2 Å². The normalized spacial score (nSPS) is 27.8. The zero-order valence-corrected chi connectivity index (χ0v) is 14.8. The zero-order chi connectivity index (χ0) is 16.6. The molecule has 2 saturated heterocycles. The number of hydrogen-bond donors (Lipinski definition) is 0.